The molecule has 166 valence electrons. The third-order valence-corrected chi connectivity index (χ3v) is 6.22. The van der Waals surface area contributed by atoms with Crippen LogP contribution in [0.5, 0.6) is 5.75 Å². The predicted molar refractivity (Wildman–Crippen MR) is 135 cm³/mol. The molecule has 4 rings (SSSR count). The van der Waals surface area contributed by atoms with Crippen LogP contribution in [-0.4, -0.2) is 21.1 Å². The van der Waals surface area contributed by atoms with Gasteiger partial charge in [-0.1, -0.05) is 84.1 Å². The predicted octanol–water partition coefficient (Wildman–Crippen LogP) is 5.05. The Labute approximate surface area is 202 Å². The molecule has 3 aromatic carbocycles. The van der Waals surface area contributed by atoms with Gasteiger partial charge in [-0.3, -0.25) is 15.0 Å². The van der Waals surface area contributed by atoms with Crippen LogP contribution in [0.15, 0.2) is 83.8 Å². The number of hydrogen-bond acceptors (Lipinski definition) is 5. The van der Waals surface area contributed by atoms with Crippen LogP contribution in [0.2, 0.25) is 0 Å². The van der Waals surface area contributed by atoms with Gasteiger partial charge in [-0.25, -0.2) is 0 Å². The van der Waals surface area contributed by atoms with Gasteiger partial charge in [0.2, 0.25) is 5.91 Å². The number of hydrazine groups is 1. The van der Waals surface area contributed by atoms with Gasteiger partial charge in [0.25, 0.3) is 5.91 Å². The number of thioether (sulfide) groups is 1. The molecule has 2 amide bonds. The molecule has 1 aliphatic heterocycles. The first kappa shape index (κ1) is 22.8. The number of rotatable bonds is 7. The zero-order chi connectivity index (χ0) is 23.2. The highest BCUT2D eigenvalue weighted by atomic mass is 32.2. The Kier molecular flexibility index (Phi) is 7.22. The minimum absolute atomic E-state index is 0.164. The number of aryl methyl sites for hydroxylation is 1. The maximum Gasteiger partial charge on any atom is 0.285 e. The molecular weight excluding hydrogens is 452 g/mol. The Morgan fingerprint density at radius 1 is 1.03 bits per heavy atom. The molecule has 1 fully saturated rings. The average molecular weight is 475 g/mol. The van der Waals surface area contributed by atoms with Gasteiger partial charge < -0.3 is 4.74 Å². The largest absolute Gasteiger partial charge is 0.489 e. The summed E-state index contributed by atoms with van der Waals surface area (Å²) in [5.41, 5.74) is 6.57. The molecular formula is C26H22N2O3S2. The number of ether oxygens (including phenoxy) is 1. The third-order valence-electron chi connectivity index (χ3n) is 4.92. The number of carbonyl (C=O) groups excluding carboxylic acids is 2. The van der Waals surface area contributed by atoms with E-state index in [1.54, 1.807) is 6.08 Å². The minimum Gasteiger partial charge on any atom is -0.489 e. The molecule has 0 bridgehead atoms. The fourth-order valence-electron chi connectivity index (χ4n) is 3.21. The smallest absolute Gasteiger partial charge is 0.285 e. The number of carbonyl (C=O) groups is 2. The zero-order valence-electron chi connectivity index (χ0n) is 18.0. The van der Waals surface area contributed by atoms with Crippen LogP contribution in [0.3, 0.4) is 0 Å². The lowest BCUT2D eigenvalue weighted by atomic mass is 10.1. The summed E-state index contributed by atoms with van der Waals surface area (Å²) in [4.78, 5) is 25.6. The van der Waals surface area contributed by atoms with Crippen LogP contribution < -0.4 is 10.2 Å². The molecule has 0 atom stereocenters. The summed E-state index contributed by atoms with van der Waals surface area (Å²) in [6, 6.07) is 25.0. The lowest BCUT2D eigenvalue weighted by molar-refractivity contribution is -0.132. The first-order valence-corrected chi connectivity index (χ1v) is 11.6. The first-order chi connectivity index (χ1) is 16.0. The van der Waals surface area contributed by atoms with Crippen molar-refractivity contribution in [2.45, 2.75) is 20.0 Å². The van der Waals surface area contributed by atoms with Crippen LogP contribution in [0.1, 0.15) is 22.3 Å². The SMILES string of the molecule is Cc1ccc(COc2cccc(C=C3SC(=S)N(NC(=O)Cc4ccccc4)C3=O)c2)cc1. The van der Waals surface area contributed by atoms with Crippen molar-refractivity contribution in [2.75, 3.05) is 0 Å². The zero-order valence-corrected chi connectivity index (χ0v) is 19.6. The van der Waals surface area contributed by atoms with Crippen molar-refractivity contribution in [1.82, 2.24) is 10.4 Å². The first-order valence-electron chi connectivity index (χ1n) is 10.4. The van der Waals surface area contributed by atoms with E-state index in [9.17, 15) is 9.59 Å². The maximum atomic E-state index is 12.8. The molecule has 0 unspecified atom stereocenters. The Hall–Kier alpha value is -3.42. The van der Waals surface area contributed by atoms with Gasteiger partial charge >= 0.3 is 0 Å². The minimum atomic E-state index is -0.350. The molecule has 0 saturated carbocycles. The molecule has 1 heterocycles. The summed E-state index contributed by atoms with van der Waals surface area (Å²) in [7, 11) is 0. The number of thiocarbonyl (C=S) groups is 1. The Morgan fingerprint density at radius 3 is 2.55 bits per heavy atom. The van der Waals surface area contributed by atoms with E-state index in [-0.39, 0.29) is 18.2 Å². The quantitative estimate of drug-likeness (QED) is 0.384. The summed E-state index contributed by atoms with van der Waals surface area (Å²) < 4.78 is 6.19. The van der Waals surface area contributed by atoms with Crippen molar-refractivity contribution in [1.29, 1.82) is 0 Å². The van der Waals surface area contributed by atoms with E-state index in [2.05, 4.69) is 17.6 Å². The highest BCUT2D eigenvalue weighted by Gasteiger charge is 2.33. The number of nitrogens with zero attached hydrogens (tertiary/aromatic N) is 1. The summed E-state index contributed by atoms with van der Waals surface area (Å²) in [5.74, 6) is 0.0543. The monoisotopic (exact) mass is 474 g/mol. The number of amides is 2. The van der Waals surface area contributed by atoms with Gasteiger partial charge in [-0.15, -0.1) is 0 Å². The summed E-state index contributed by atoms with van der Waals surface area (Å²) >= 11 is 6.47. The van der Waals surface area contributed by atoms with Gasteiger partial charge in [0.05, 0.1) is 11.3 Å². The van der Waals surface area contributed by atoms with Crippen molar-refractivity contribution in [3.8, 4) is 5.75 Å². The molecule has 1 N–H and O–H groups in total. The van der Waals surface area contributed by atoms with Crippen molar-refractivity contribution in [3.05, 3.63) is 106 Å². The van der Waals surface area contributed by atoms with Crippen molar-refractivity contribution in [3.63, 3.8) is 0 Å². The van der Waals surface area contributed by atoms with Crippen LogP contribution in [0.4, 0.5) is 0 Å². The lowest BCUT2D eigenvalue weighted by Crippen LogP contribution is -2.45. The van der Waals surface area contributed by atoms with Gasteiger partial charge in [-0.05, 0) is 54.0 Å². The van der Waals surface area contributed by atoms with Gasteiger partial charge in [0, 0.05) is 0 Å². The molecule has 0 radical (unpaired) electrons. The number of benzene rings is 3. The Balaban J connectivity index is 1.40. The average Bonchev–Trinajstić information content (AvgIpc) is 3.07. The van der Waals surface area contributed by atoms with Crippen molar-refractivity contribution < 1.29 is 14.3 Å². The second-order valence-electron chi connectivity index (χ2n) is 7.56. The molecule has 1 saturated heterocycles. The molecule has 7 heteroatoms. The highest BCUT2D eigenvalue weighted by Crippen LogP contribution is 2.32. The summed E-state index contributed by atoms with van der Waals surface area (Å²) in [6.45, 7) is 2.50. The molecule has 0 spiro atoms. The van der Waals surface area contributed by atoms with Gasteiger partial charge in [0.15, 0.2) is 4.32 Å². The van der Waals surface area contributed by atoms with Gasteiger partial charge in [0.1, 0.15) is 12.4 Å². The van der Waals surface area contributed by atoms with Crippen molar-refractivity contribution >= 4 is 46.2 Å². The number of nitrogens with one attached hydrogen (secondary N) is 1. The highest BCUT2D eigenvalue weighted by molar-refractivity contribution is 8.26. The topological polar surface area (TPSA) is 58.6 Å². The van der Waals surface area contributed by atoms with E-state index in [0.29, 0.717) is 21.6 Å². The normalized spacial score (nSPS) is 14.6. The maximum absolute atomic E-state index is 12.8. The fraction of sp³-hybridized carbons (Fsp3) is 0.115. The van der Waals surface area contributed by atoms with E-state index < -0.39 is 0 Å². The summed E-state index contributed by atoms with van der Waals surface area (Å²) in [6.07, 6.45) is 1.92. The second-order valence-corrected chi connectivity index (χ2v) is 9.24. The van der Waals surface area contributed by atoms with E-state index in [0.717, 1.165) is 33.5 Å². The molecule has 5 nitrogen and oxygen atoms in total. The fourth-order valence-corrected chi connectivity index (χ4v) is 4.39. The standard InChI is InChI=1S/C26H22N2O3S2/c1-18-10-12-20(13-11-18)17-31-22-9-5-8-21(14-22)15-23-25(30)28(26(32)33-23)27-24(29)16-19-6-3-2-4-7-19/h2-15H,16-17H2,1H3,(H,27,29). The molecule has 1 aliphatic rings. The molecule has 0 aromatic heterocycles. The van der Waals surface area contributed by atoms with Crippen molar-refractivity contribution in [2.24, 2.45) is 0 Å². The van der Waals surface area contributed by atoms with Crippen LogP contribution in [-0.2, 0) is 22.6 Å². The van der Waals surface area contributed by atoms with Crippen LogP contribution in [0, 0.1) is 6.92 Å². The number of hydrogen-bond donors (Lipinski definition) is 1. The molecule has 3 aromatic rings. The van der Waals surface area contributed by atoms with Crippen LogP contribution in [0.25, 0.3) is 6.08 Å². The van der Waals surface area contributed by atoms with E-state index >= 15 is 0 Å². The second kappa shape index (κ2) is 10.5. The van der Waals surface area contributed by atoms with E-state index in [1.807, 2.05) is 73.7 Å². The molecule has 0 aliphatic carbocycles. The third kappa shape index (κ3) is 6.09. The van der Waals surface area contributed by atoms with Gasteiger partial charge in [-0.2, -0.15) is 5.01 Å². The lowest BCUT2D eigenvalue weighted by Gasteiger charge is -2.15. The Morgan fingerprint density at radius 2 is 1.79 bits per heavy atom. The summed E-state index contributed by atoms with van der Waals surface area (Å²) in [5, 5.41) is 1.13. The van der Waals surface area contributed by atoms with E-state index in [1.165, 1.54) is 5.56 Å². The van der Waals surface area contributed by atoms with Crippen LogP contribution >= 0.6 is 24.0 Å². The van der Waals surface area contributed by atoms with E-state index in [4.69, 9.17) is 17.0 Å². The Bertz CT molecular complexity index is 1210. The molecule has 33 heavy (non-hydrogen) atoms.